The van der Waals surface area contributed by atoms with Crippen LogP contribution in [0.3, 0.4) is 0 Å². The smallest absolute Gasteiger partial charge is 0.414 e. The second kappa shape index (κ2) is 7.10. The molecule has 2 N–H and O–H groups in total. The van der Waals surface area contributed by atoms with Crippen molar-refractivity contribution >= 4 is 23.6 Å². The molecule has 3 amide bonds. The van der Waals surface area contributed by atoms with Crippen molar-refractivity contribution in [2.45, 2.75) is 26.0 Å². The summed E-state index contributed by atoms with van der Waals surface area (Å²) < 4.78 is 5.28. The van der Waals surface area contributed by atoms with Crippen LogP contribution in [0.1, 0.15) is 18.1 Å². The molecule has 8 nitrogen and oxygen atoms in total. The quantitative estimate of drug-likeness (QED) is 0.800. The highest BCUT2D eigenvalue weighted by atomic mass is 16.6. The third kappa shape index (κ3) is 3.74. The molecule has 0 unspecified atom stereocenters. The van der Waals surface area contributed by atoms with Crippen molar-refractivity contribution in [2.75, 3.05) is 31.1 Å². The summed E-state index contributed by atoms with van der Waals surface area (Å²) in [5, 5.41) is 11.6. The van der Waals surface area contributed by atoms with Crippen LogP contribution in [0, 0.1) is 0 Å². The number of amides is 3. The lowest BCUT2D eigenvalue weighted by Crippen LogP contribution is -2.37. The zero-order valence-corrected chi connectivity index (χ0v) is 14.0. The number of carbonyl (C=O) groups excluding carboxylic acids is 3. The van der Waals surface area contributed by atoms with Gasteiger partial charge in [-0.1, -0.05) is 6.07 Å². The fourth-order valence-electron chi connectivity index (χ4n) is 3.12. The fraction of sp³-hybridized carbons (Fsp3) is 0.471. The van der Waals surface area contributed by atoms with Gasteiger partial charge in [-0.2, -0.15) is 0 Å². The molecule has 1 saturated heterocycles. The zero-order chi connectivity index (χ0) is 18.0. The van der Waals surface area contributed by atoms with Crippen LogP contribution in [0.15, 0.2) is 18.2 Å². The Bertz CT molecular complexity index is 706. The maximum absolute atomic E-state index is 12.1. The molecule has 134 valence electrons. The van der Waals surface area contributed by atoms with E-state index in [0.717, 1.165) is 16.8 Å². The van der Waals surface area contributed by atoms with Gasteiger partial charge in [0.25, 0.3) is 0 Å². The number of ether oxygens (including phenoxy) is 1. The standard InChI is InChI=1S/C17H21N3O5/c1-11(22)18-7-15-9-20(17(24)25-15)14-3-2-13-8-19(16(23)10-21)5-4-12(13)6-14/h2-3,6,15,21H,4-5,7-10H2,1H3,(H,18,22)/t15-/m0/s1. The summed E-state index contributed by atoms with van der Waals surface area (Å²) in [6.45, 7) is 2.62. The lowest BCUT2D eigenvalue weighted by atomic mass is 9.98. The van der Waals surface area contributed by atoms with Gasteiger partial charge < -0.3 is 20.1 Å². The van der Waals surface area contributed by atoms with Gasteiger partial charge >= 0.3 is 6.09 Å². The summed E-state index contributed by atoms with van der Waals surface area (Å²) in [4.78, 5) is 37.9. The Kier molecular flexibility index (Phi) is 4.89. The predicted octanol–water partition coefficient (Wildman–Crippen LogP) is 0.0249. The summed E-state index contributed by atoms with van der Waals surface area (Å²) in [7, 11) is 0. The van der Waals surface area contributed by atoms with Gasteiger partial charge in [0, 0.05) is 25.7 Å². The second-order valence-electron chi connectivity index (χ2n) is 6.23. The molecule has 8 heteroatoms. The van der Waals surface area contributed by atoms with E-state index in [4.69, 9.17) is 9.84 Å². The number of carbonyl (C=O) groups is 3. The number of nitrogens with zero attached hydrogens (tertiary/aromatic N) is 2. The number of anilines is 1. The van der Waals surface area contributed by atoms with Crippen LogP contribution in [0.4, 0.5) is 10.5 Å². The first-order chi connectivity index (χ1) is 12.0. The number of hydrogen-bond acceptors (Lipinski definition) is 5. The van der Waals surface area contributed by atoms with Crippen molar-refractivity contribution < 1.29 is 24.2 Å². The SMILES string of the molecule is CC(=O)NC[C@H]1CN(c2ccc3c(c2)CCN(C(=O)CO)C3)C(=O)O1. The Balaban J connectivity index is 1.69. The Hall–Kier alpha value is -2.61. The molecule has 0 spiro atoms. The van der Waals surface area contributed by atoms with Crippen LogP contribution in [0.25, 0.3) is 0 Å². The van der Waals surface area contributed by atoms with Gasteiger partial charge in [0.1, 0.15) is 12.7 Å². The van der Waals surface area contributed by atoms with Crippen molar-refractivity contribution in [1.82, 2.24) is 10.2 Å². The molecule has 0 radical (unpaired) electrons. The van der Waals surface area contributed by atoms with Crippen LogP contribution in [0.2, 0.25) is 0 Å². The lowest BCUT2D eigenvalue weighted by Gasteiger charge is -2.29. The van der Waals surface area contributed by atoms with Crippen molar-refractivity contribution in [3.8, 4) is 0 Å². The van der Waals surface area contributed by atoms with Crippen molar-refractivity contribution in [3.05, 3.63) is 29.3 Å². The number of cyclic esters (lactones) is 1. The normalized spacial score (nSPS) is 19.4. The number of aliphatic hydroxyl groups excluding tert-OH is 1. The average molecular weight is 347 g/mol. The molecular weight excluding hydrogens is 326 g/mol. The summed E-state index contributed by atoms with van der Waals surface area (Å²) in [6.07, 6.45) is -0.124. The predicted molar refractivity (Wildman–Crippen MR) is 88.9 cm³/mol. The first kappa shape index (κ1) is 17.2. The van der Waals surface area contributed by atoms with Crippen LogP contribution >= 0.6 is 0 Å². The van der Waals surface area contributed by atoms with Gasteiger partial charge in [-0.3, -0.25) is 14.5 Å². The largest absolute Gasteiger partial charge is 0.442 e. The summed E-state index contributed by atoms with van der Waals surface area (Å²) in [6, 6.07) is 5.67. The number of aliphatic hydroxyl groups is 1. The van der Waals surface area contributed by atoms with E-state index >= 15 is 0 Å². The monoisotopic (exact) mass is 347 g/mol. The Morgan fingerprint density at radius 3 is 2.88 bits per heavy atom. The van der Waals surface area contributed by atoms with Crippen LogP contribution in [0.5, 0.6) is 0 Å². The van der Waals surface area contributed by atoms with Gasteiger partial charge in [0.05, 0.1) is 13.1 Å². The zero-order valence-electron chi connectivity index (χ0n) is 14.0. The third-order valence-electron chi connectivity index (χ3n) is 4.45. The second-order valence-corrected chi connectivity index (χ2v) is 6.23. The van der Waals surface area contributed by atoms with E-state index in [9.17, 15) is 14.4 Å². The Morgan fingerprint density at radius 1 is 1.36 bits per heavy atom. The molecule has 0 saturated carbocycles. The number of rotatable bonds is 4. The minimum Gasteiger partial charge on any atom is -0.442 e. The molecule has 1 fully saturated rings. The maximum Gasteiger partial charge on any atom is 0.414 e. The van der Waals surface area contributed by atoms with E-state index in [0.29, 0.717) is 32.6 Å². The van der Waals surface area contributed by atoms with E-state index in [-0.39, 0.29) is 17.9 Å². The minimum atomic E-state index is -0.483. The molecule has 2 aliphatic rings. The summed E-state index contributed by atoms with van der Waals surface area (Å²) >= 11 is 0. The average Bonchev–Trinajstić information content (AvgIpc) is 2.99. The lowest BCUT2D eigenvalue weighted by molar-refractivity contribution is -0.135. The highest BCUT2D eigenvalue weighted by molar-refractivity contribution is 5.90. The highest BCUT2D eigenvalue weighted by Crippen LogP contribution is 2.27. The molecule has 1 atom stereocenters. The molecule has 1 aromatic carbocycles. The number of fused-ring (bicyclic) bond motifs is 1. The third-order valence-corrected chi connectivity index (χ3v) is 4.45. The molecule has 0 aromatic heterocycles. The van der Waals surface area contributed by atoms with E-state index < -0.39 is 12.7 Å². The highest BCUT2D eigenvalue weighted by Gasteiger charge is 2.33. The molecule has 1 aromatic rings. The molecule has 25 heavy (non-hydrogen) atoms. The van der Waals surface area contributed by atoms with E-state index in [2.05, 4.69) is 5.32 Å². The first-order valence-corrected chi connectivity index (χ1v) is 8.21. The molecule has 3 rings (SSSR count). The number of benzene rings is 1. The number of nitrogens with one attached hydrogen (secondary N) is 1. The van der Waals surface area contributed by atoms with Gasteiger partial charge in [-0.05, 0) is 29.7 Å². The molecule has 2 aliphatic heterocycles. The van der Waals surface area contributed by atoms with Crippen molar-refractivity contribution in [2.24, 2.45) is 0 Å². The minimum absolute atomic E-state index is 0.162. The Morgan fingerprint density at radius 2 is 2.16 bits per heavy atom. The van der Waals surface area contributed by atoms with E-state index in [1.165, 1.54) is 6.92 Å². The van der Waals surface area contributed by atoms with Crippen molar-refractivity contribution in [1.29, 1.82) is 0 Å². The van der Waals surface area contributed by atoms with E-state index in [1.54, 1.807) is 9.80 Å². The summed E-state index contributed by atoms with van der Waals surface area (Å²) in [5.41, 5.74) is 2.84. The van der Waals surface area contributed by atoms with Gasteiger partial charge in [0.2, 0.25) is 11.8 Å². The fourth-order valence-corrected chi connectivity index (χ4v) is 3.12. The maximum atomic E-state index is 12.1. The molecular formula is C17H21N3O5. The van der Waals surface area contributed by atoms with Crippen molar-refractivity contribution in [3.63, 3.8) is 0 Å². The van der Waals surface area contributed by atoms with Gasteiger partial charge in [0.15, 0.2) is 0 Å². The van der Waals surface area contributed by atoms with Crippen LogP contribution in [-0.4, -0.2) is 60.3 Å². The number of hydrogen-bond donors (Lipinski definition) is 2. The first-order valence-electron chi connectivity index (χ1n) is 8.21. The molecule has 0 aliphatic carbocycles. The van der Waals surface area contributed by atoms with Gasteiger partial charge in [-0.25, -0.2) is 4.79 Å². The molecule has 2 heterocycles. The van der Waals surface area contributed by atoms with E-state index in [1.807, 2.05) is 18.2 Å². The Labute approximate surface area is 145 Å². The molecule has 0 bridgehead atoms. The van der Waals surface area contributed by atoms with Gasteiger partial charge in [-0.15, -0.1) is 0 Å². The topological polar surface area (TPSA) is 99.2 Å². The van der Waals surface area contributed by atoms with Crippen LogP contribution in [-0.2, 0) is 27.3 Å². The summed E-state index contributed by atoms with van der Waals surface area (Å²) in [5.74, 6) is -0.441. The van der Waals surface area contributed by atoms with Crippen LogP contribution < -0.4 is 10.2 Å².